The molecule has 1 fully saturated rings. The summed E-state index contributed by atoms with van der Waals surface area (Å²) in [5, 5.41) is 37.1. The summed E-state index contributed by atoms with van der Waals surface area (Å²) in [6, 6.07) is 29.4. The van der Waals surface area contributed by atoms with Gasteiger partial charge in [0.2, 0.25) is 5.82 Å². The molecule has 5 N–H and O–H groups in total. The molecule has 0 saturated carbocycles. The van der Waals surface area contributed by atoms with Gasteiger partial charge in [-0.15, -0.1) is 0 Å². The first-order valence-electron chi connectivity index (χ1n) is 14.5. The Morgan fingerprint density at radius 2 is 1.48 bits per heavy atom. The second-order valence-corrected chi connectivity index (χ2v) is 10.8. The number of amides is 1. The van der Waals surface area contributed by atoms with Crippen molar-refractivity contribution >= 4 is 22.9 Å². The van der Waals surface area contributed by atoms with E-state index in [0.717, 1.165) is 16.7 Å². The molecule has 0 radical (unpaired) electrons. The Hall–Kier alpha value is -4.68. The van der Waals surface area contributed by atoms with E-state index >= 15 is 0 Å². The molecule has 5 aromatic rings. The van der Waals surface area contributed by atoms with Crippen LogP contribution in [0.4, 0.5) is 5.82 Å². The summed E-state index contributed by atoms with van der Waals surface area (Å²) in [6.07, 6.45) is -3.32. The van der Waals surface area contributed by atoms with E-state index in [2.05, 4.69) is 49.9 Å². The fourth-order valence-electron chi connectivity index (χ4n) is 5.52. The highest BCUT2D eigenvalue weighted by atomic mass is 16.6. The van der Waals surface area contributed by atoms with Crippen LogP contribution in [0.15, 0.2) is 97.3 Å². The minimum Gasteiger partial charge on any atom is -0.394 e. The molecule has 1 saturated heterocycles. The van der Waals surface area contributed by atoms with Gasteiger partial charge in [-0.1, -0.05) is 91.0 Å². The number of rotatable bonds is 10. The van der Waals surface area contributed by atoms with Gasteiger partial charge in [-0.3, -0.25) is 9.36 Å². The van der Waals surface area contributed by atoms with Crippen LogP contribution < -0.4 is 10.6 Å². The molecule has 0 spiro atoms. The number of carbonyl (C=O) groups excluding carboxylic acids is 1. The maximum atomic E-state index is 13.5. The van der Waals surface area contributed by atoms with Gasteiger partial charge in [-0.05, 0) is 23.6 Å². The number of nitrogens with one attached hydrogen (secondary N) is 2. The number of imidazole rings is 1. The molecular weight excluding hydrogens is 560 g/mol. The molecule has 1 aliphatic rings. The van der Waals surface area contributed by atoms with Crippen molar-refractivity contribution in [2.24, 2.45) is 0 Å². The van der Waals surface area contributed by atoms with Gasteiger partial charge >= 0.3 is 0 Å². The van der Waals surface area contributed by atoms with Crippen LogP contribution in [0.1, 0.15) is 52.4 Å². The van der Waals surface area contributed by atoms with Gasteiger partial charge < -0.3 is 30.7 Å². The van der Waals surface area contributed by atoms with E-state index < -0.39 is 37.1 Å². The number of anilines is 1. The zero-order valence-corrected chi connectivity index (χ0v) is 24.1. The summed E-state index contributed by atoms with van der Waals surface area (Å²) in [5.41, 5.74) is 3.71. The number of aliphatic hydroxyl groups excluding tert-OH is 3. The largest absolute Gasteiger partial charge is 0.394 e. The average Bonchev–Trinajstić information content (AvgIpc) is 3.62. The maximum Gasteiger partial charge on any atom is 0.289 e. The standard InChI is InChI=1S/C33H34N6O5/c1-20(21-11-5-2-6-12-21)36-32(43)30-37-29(34-17-24(22-13-7-3-8-14-22)23-15-9-4-10-16-23)26-31(38-30)39(19-35-26)33-28(42)27(41)25(18-40)44-33/h2-16,19-20,24-25,27-28,33,40-42H,17-18H2,1H3,(H,36,43)(H,34,37,38)/t20?,25-,27-,28-,33-/m1/s1. The number of fused-ring (bicyclic) bond motifs is 1. The van der Waals surface area contributed by atoms with Crippen molar-refractivity contribution in [1.82, 2.24) is 24.8 Å². The van der Waals surface area contributed by atoms with E-state index in [1.807, 2.05) is 73.7 Å². The number of benzene rings is 3. The molecular formula is C33H34N6O5. The molecule has 0 aliphatic carbocycles. The quantitative estimate of drug-likeness (QED) is 0.164. The smallest absolute Gasteiger partial charge is 0.289 e. The minimum atomic E-state index is -1.35. The van der Waals surface area contributed by atoms with Crippen molar-refractivity contribution in [1.29, 1.82) is 0 Å². The van der Waals surface area contributed by atoms with Gasteiger partial charge in [-0.2, -0.15) is 0 Å². The van der Waals surface area contributed by atoms with Crippen LogP contribution >= 0.6 is 0 Å². The number of ether oxygens (including phenoxy) is 1. The Bertz CT molecular complexity index is 1660. The van der Waals surface area contributed by atoms with Crippen LogP contribution in [0.5, 0.6) is 0 Å². The van der Waals surface area contributed by atoms with Crippen LogP contribution in [-0.2, 0) is 4.74 Å². The zero-order valence-electron chi connectivity index (χ0n) is 24.1. The van der Waals surface area contributed by atoms with Crippen LogP contribution in [0.3, 0.4) is 0 Å². The predicted octanol–water partition coefficient (Wildman–Crippen LogP) is 3.17. The summed E-state index contributed by atoms with van der Waals surface area (Å²) < 4.78 is 7.21. The average molecular weight is 595 g/mol. The number of nitrogens with zero attached hydrogens (tertiary/aromatic N) is 4. The maximum absolute atomic E-state index is 13.5. The van der Waals surface area contributed by atoms with Crippen molar-refractivity contribution in [2.45, 2.75) is 43.4 Å². The summed E-state index contributed by atoms with van der Waals surface area (Å²) in [7, 11) is 0. The number of aromatic nitrogens is 4. The van der Waals surface area contributed by atoms with Crippen LogP contribution in [0, 0.1) is 0 Å². The van der Waals surface area contributed by atoms with Crippen molar-refractivity contribution in [2.75, 3.05) is 18.5 Å². The Morgan fingerprint density at radius 3 is 2.05 bits per heavy atom. The molecule has 3 aromatic carbocycles. The Kier molecular flexibility index (Phi) is 8.62. The SMILES string of the molecule is CC(NC(=O)c1nc(NCC(c2ccccc2)c2ccccc2)c2ncn([C@@H]3O[C@H](CO)[C@@H](O)[C@H]3O)c2n1)c1ccccc1. The highest BCUT2D eigenvalue weighted by molar-refractivity contribution is 5.94. The summed E-state index contributed by atoms with van der Waals surface area (Å²) in [4.78, 5) is 27.2. The predicted molar refractivity (Wildman–Crippen MR) is 164 cm³/mol. The van der Waals surface area contributed by atoms with E-state index in [0.29, 0.717) is 17.9 Å². The van der Waals surface area contributed by atoms with Crippen LogP contribution in [-0.4, -0.2) is 72.2 Å². The van der Waals surface area contributed by atoms with E-state index in [9.17, 15) is 20.1 Å². The van der Waals surface area contributed by atoms with E-state index in [-0.39, 0.29) is 23.4 Å². The normalized spacial score (nSPS) is 20.6. The van der Waals surface area contributed by atoms with Crippen molar-refractivity contribution in [3.63, 3.8) is 0 Å². The second-order valence-electron chi connectivity index (χ2n) is 10.8. The van der Waals surface area contributed by atoms with Gasteiger partial charge in [0.05, 0.1) is 19.0 Å². The molecule has 0 bridgehead atoms. The lowest BCUT2D eigenvalue weighted by molar-refractivity contribution is -0.0511. The lowest BCUT2D eigenvalue weighted by Crippen LogP contribution is -2.33. The molecule has 1 aliphatic heterocycles. The monoisotopic (exact) mass is 594 g/mol. The first kappa shape index (κ1) is 29.4. The summed E-state index contributed by atoms with van der Waals surface area (Å²) in [5.74, 6) is -0.315. The van der Waals surface area contributed by atoms with Crippen molar-refractivity contribution < 1.29 is 24.9 Å². The molecule has 1 unspecified atom stereocenters. The molecule has 11 heteroatoms. The topological polar surface area (TPSA) is 155 Å². The van der Waals surface area contributed by atoms with Gasteiger partial charge in [0.15, 0.2) is 23.2 Å². The lowest BCUT2D eigenvalue weighted by Gasteiger charge is -2.20. The van der Waals surface area contributed by atoms with Crippen molar-refractivity contribution in [3.8, 4) is 0 Å². The van der Waals surface area contributed by atoms with Gasteiger partial charge in [-0.25, -0.2) is 15.0 Å². The number of hydrogen-bond acceptors (Lipinski definition) is 9. The number of hydrogen-bond donors (Lipinski definition) is 5. The first-order valence-corrected chi connectivity index (χ1v) is 14.5. The highest BCUT2D eigenvalue weighted by Gasteiger charge is 2.44. The van der Waals surface area contributed by atoms with Crippen molar-refractivity contribution in [3.05, 3.63) is 120 Å². The Labute approximate surface area is 254 Å². The Balaban J connectivity index is 1.37. The molecule has 1 amide bonds. The van der Waals surface area contributed by atoms with E-state index in [4.69, 9.17) is 4.74 Å². The van der Waals surface area contributed by atoms with Crippen LogP contribution in [0.25, 0.3) is 11.2 Å². The molecule has 3 heterocycles. The molecule has 6 rings (SSSR count). The summed E-state index contributed by atoms with van der Waals surface area (Å²) in [6.45, 7) is 1.83. The fraction of sp³-hybridized carbons (Fsp3) is 0.273. The summed E-state index contributed by atoms with van der Waals surface area (Å²) >= 11 is 0. The van der Waals surface area contributed by atoms with E-state index in [1.165, 1.54) is 10.9 Å². The first-order chi connectivity index (χ1) is 21.4. The molecule has 2 aromatic heterocycles. The van der Waals surface area contributed by atoms with Gasteiger partial charge in [0.1, 0.15) is 18.3 Å². The third-order valence-corrected chi connectivity index (χ3v) is 7.94. The molecule has 44 heavy (non-hydrogen) atoms. The molecule has 5 atom stereocenters. The minimum absolute atomic E-state index is 0.0414. The van der Waals surface area contributed by atoms with E-state index in [1.54, 1.807) is 0 Å². The molecule has 11 nitrogen and oxygen atoms in total. The highest BCUT2D eigenvalue weighted by Crippen LogP contribution is 2.33. The zero-order chi connectivity index (χ0) is 30.6. The lowest BCUT2D eigenvalue weighted by atomic mass is 9.91. The third-order valence-electron chi connectivity index (χ3n) is 7.94. The van der Waals surface area contributed by atoms with Gasteiger partial charge in [0, 0.05) is 12.5 Å². The number of aliphatic hydroxyl groups is 3. The second kappa shape index (κ2) is 12.9. The third kappa shape index (κ3) is 5.90. The van der Waals surface area contributed by atoms with Crippen LogP contribution in [0.2, 0.25) is 0 Å². The van der Waals surface area contributed by atoms with Gasteiger partial charge in [0.25, 0.3) is 5.91 Å². The fourth-order valence-corrected chi connectivity index (χ4v) is 5.52. The molecule has 226 valence electrons. The number of carbonyl (C=O) groups is 1. The Morgan fingerprint density at radius 1 is 0.886 bits per heavy atom.